The molecular weight excluding hydrogens is 328 g/mol. The molecule has 3 heterocycles. The lowest BCUT2D eigenvalue weighted by molar-refractivity contribution is -0.0268. The molecule has 2 aromatic heterocycles. The number of H-pyrrole nitrogens is 1. The van der Waals surface area contributed by atoms with Crippen molar-refractivity contribution < 1.29 is 9.53 Å². The summed E-state index contributed by atoms with van der Waals surface area (Å²) in [6, 6.07) is 7.69. The summed E-state index contributed by atoms with van der Waals surface area (Å²) in [6.45, 7) is 7.56. The zero-order valence-electron chi connectivity index (χ0n) is 15.2. The number of fused-ring (bicyclic) bond motifs is 1. The highest BCUT2D eigenvalue weighted by Gasteiger charge is 2.28. The van der Waals surface area contributed by atoms with Gasteiger partial charge in [-0.1, -0.05) is 0 Å². The van der Waals surface area contributed by atoms with E-state index in [-0.39, 0.29) is 12.0 Å². The fourth-order valence-corrected chi connectivity index (χ4v) is 3.39. The van der Waals surface area contributed by atoms with Crippen LogP contribution >= 0.6 is 0 Å². The van der Waals surface area contributed by atoms with Gasteiger partial charge in [0.05, 0.1) is 13.2 Å². The standard InChI is InChI=1S/C20H22N4O2/c1-12-6-7-21-19(22-12)18-11-24(8-9-26-18)20(25)15-4-5-17-16(10-15)13(2)14(3)23-17/h4-7,10,18,23H,8-9,11H2,1-3H3/t18-/m0/s1. The lowest BCUT2D eigenvalue weighted by Gasteiger charge is -2.32. The molecule has 1 aromatic carbocycles. The summed E-state index contributed by atoms with van der Waals surface area (Å²) in [5.74, 6) is 0.654. The second-order valence-electron chi connectivity index (χ2n) is 6.80. The second-order valence-corrected chi connectivity index (χ2v) is 6.80. The van der Waals surface area contributed by atoms with E-state index in [0.717, 1.165) is 22.3 Å². The van der Waals surface area contributed by atoms with Crippen LogP contribution in [0.3, 0.4) is 0 Å². The van der Waals surface area contributed by atoms with Gasteiger partial charge in [-0.15, -0.1) is 0 Å². The number of amides is 1. The molecule has 1 saturated heterocycles. The average molecular weight is 350 g/mol. The normalized spacial score (nSPS) is 17.7. The minimum Gasteiger partial charge on any atom is -0.367 e. The molecule has 0 saturated carbocycles. The molecule has 1 aliphatic heterocycles. The fraction of sp³-hybridized carbons (Fsp3) is 0.350. The van der Waals surface area contributed by atoms with Crippen molar-refractivity contribution in [1.29, 1.82) is 0 Å². The maximum absolute atomic E-state index is 13.0. The molecule has 1 aliphatic rings. The Hall–Kier alpha value is -2.73. The first-order valence-corrected chi connectivity index (χ1v) is 8.82. The number of morpholine rings is 1. The summed E-state index contributed by atoms with van der Waals surface area (Å²) in [5.41, 5.74) is 4.97. The van der Waals surface area contributed by atoms with E-state index in [1.807, 2.05) is 43.0 Å². The third-order valence-corrected chi connectivity index (χ3v) is 5.01. The fourth-order valence-electron chi connectivity index (χ4n) is 3.39. The Morgan fingerprint density at radius 2 is 2.12 bits per heavy atom. The zero-order valence-corrected chi connectivity index (χ0v) is 15.2. The van der Waals surface area contributed by atoms with Crippen molar-refractivity contribution in [3.8, 4) is 0 Å². The van der Waals surface area contributed by atoms with Gasteiger partial charge in [-0.2, -0.15) is 0 Å². The van der Waals surface area contributed by atoms with Crippen LogP contribution in [-0.2, 0) is 4.74 Å². The summed E-state index contributed by atoms with van der Waals surface area (Å²) in [6.07, 6.45) is 1.44. The minimum atomic E-state index is -0.285. The van der Waals surface area contributed by atoms with Gasteiger partial charge in [-0.3, -0.25) is 4.79 Å². The largest absolute Gasteiger partial charge is 0.367 e. The van der Waals surface area contributed by atoms with E-state index >= 15 is 0 Å². The molecule has 3 aromatic rings. The Balaban J connectivity index is 1.58. The number of hydrogen-bond donors (Lipinski definition) is 1. The van der Waals surface area contributed by atoms with Crippen LogP contribution in [0, 0.1) is 20.8 Å². The van der Waals surface area contributed by atoms with Crippen molar-refractivity contribution in [1.82, 2.24) is 19.9 Å². The minimum absolute atomic E-state index is 0.0195. The van der Waals surface area contributed by atoms with E-state index in [9.17, 15) is 4.79 Å². The number of aromatic nitrogens is 3. The van der Waals surface area contributed by atoms with Gasteiger partial charge < -0.3 is 14.6 Å². The molecule has 1 amide bonds. The van der Waals surface area contributed by atoms with Gasteiger partial charge in [0.1, 0.15) is 6.10 Å². The summed E-state index contributed by atoms with van der Waals surface area (Å²) < 4.78 is 5.80. The molecule has 4 rings (SSSR count). The van der Waals surface area contributed by atoms with E-state index in [4.69, 9.17) is 4.74 Å². The molecule has 1 fully saturated rings. The van der Waals surface area contributed by atoms with E-state index < -0.39 is 0 Å². The van der Waals surface area contributed by atoms with Crippen LogP contribution < -0.4 is 0 Å². The van der Waals surface area contributed by atoms with Crippen molar-refractivity contribution >= 4 is 16.8 Å². The van der Waals surface area contributed by atoms with Gasteiger partial charge in [-0.25, -0.2) is 9.97 Å². The first kappa shape index (κ1) is 16.7. The highest BCUT2D eigenvalue weighted by Crippen LogP contribution is 2.25. The zero-order chi connectivity index (χ0) is 18.3. The Kier molecular flexibility index (Phi) is 4.20. The van der Waals surface area contributed by atoms with Crippen LogP contribution in [0.15, 0.2) is 30.5 Å². The number of carbonyl (C=O) groups excluding carboxylic acids is 1. The van der Waals surface area contributed by atoms with E-state index in [2.05, 4.69) is 21.9 Å². The van der Waals surface area contributed by atoms with Crippen LogP contribution in [0.25, 0.3) is 10.9 Å². The van der Waals surface area contributed by atoms with Crippen molar-refractivity contribution in [3.05, 3.63) is 58.8 Å². The number of benzene rings is 1. The predicted octanol–water partition coefficient (Wildman–Crippen LogP) is 3.10. The molecule has 0 bridgehead atoms. The van der Waals surface area contributed by atoms with Crippen LogP contribution in [0.2, 0.25) is 0 Å². The van der Waals surface area contributed by atoms with E-state index in [0.29, 0.717) is 31.1 Å². The molecule has 6 nitrogen and oxygen atoms in total. The molecule has 134 valence electrons. The molecule has 6 heteroatoms. The van der Waals surface area contributed by atoms with E-state index in [1.54, 1.807) is 6.20 Å². The van der Waals surface area contributed by atoms with Crippen molar-refractivity contribution in [3.63, 3.8) is 0 Å². The summed E-state index contributed by atoms with van der Waals surface area (Å²) in [4.78, 5) is 26.9. The third kappa shape index (κ3) is 2.97. The summed E-state index contributed by atoms with van der Waals surface area (Å²) >= 11 is 0. The lowest BCUT2D eigenvalue weighted by atomic mass is 10.1. The van der Waals surface area contributed by atoms with Gasteiger partial charge in [0, 0.05) is 40.6 Å². The number of carbonyl (C=O) groups is 1. The number of nitrogens with zero attached hydrogens (tertiary/aromatic N) is 3. The van der Waals surface area contributed by atoms with Gasteiger partial charge in [-0.05, 0) is 50.6 Å². The SMILES string of the molecule is Cc1ccnc([C@@H]2CN(C(=O)c3ccc4[nH]c(C)c(C)c4c3)CCO2)n1. The molecule has 0 unspecified atom stereocenters. The Labute approximate surface area is 152 Å². The van der Waals surface area contributed by atoms with Gasteiger partial charge in [0.2, 0.25) is 0 Å². The number of nitrogens with one attached hydrogen (secondary N) is 1. The molecule has 26 heavy (non-hydrogen) atoms. The van der Waals surface area contributed by atoms with Crippen LogP contribution in [0.4, 0.5) is 0 Å². The Morgan fingerprint density at radius 3 is 2.92 bits per heavy atom. The topological polar surface area (TPSA) is 71.1 Å². The number of aryl methyl sites for hydroxylation is 3. The number of rotatable bonds is 2. The molecular formula is C20H22N4O2. The van der Waals surface area contributed by atoms with Gasteiger partial charge >= 0.3 is 0 Å². The van der Waals surface area contributed by atoms with Crippen molar-refractivity contribution in [2.75, 3.05) is 19.7 Å². The van der Waals surface area contributed by atoms with Crippen LogP contribution in [-0.4, -0.2) is 45.5 Å². The average Bonchev–Trinajstić information content (AvgIpc) is 2.95. The molecule has 1 atom stereocenters. The Morgan fingerprint density at radius 1 is 1.27 bits per heavy atom. The van der Waals surface area contributed by atoms with Gasteiger partial charge in [0.25, 0.3) is 5.91 Å². The molecule has 0 spiro atoms. The second kappa shape index (κ2) is 6.53. The summed E-state index contributed by atoms with van der Waals surface area (Å²) in [5, 5.41) is 1.10. The van der Waals surface area contributed by atoms with E-state index in [1.165, 1.54) is 5.56 Å². The predicted molar refractivity (Wildman–Crippen MR) is 99.1 cm³/mol. The molecule has 0 radical (unpaired) electrons. The summed E-state index contributed by atoms with van der Waals surface area (Å²) in [7, 11) is 0. The Bertz CT molecular complexity index is 979. The van der Waals surface area contributed by atoms with Gasteiger partial charge in [0.15, 0.2) is 5.82 Å². The number of hydrogen-bond acceptors (Lipinski definition) is 4. The highest BCUT2D eigenvalue weighted by atomic mass is 16.5. The molecule has 0 aliphatic carbocycles. The first-order valence-electron chi connectivity index (χ1n) is 8.82. The number of ether oxygens (including phenoxy) is 1. The maximum atomic E-state index is 13.0. The smallest absolute Gasteiger partial charge is 0.254 e. The van der Waals surface area contributed by atoms with Crippen LogP contribution in [0.5, 0.6) is 0 Å². The number of aromatic amines is 1. The molecule has 1 N–H and O–H groups in total. The monoisotopic (exact) mass is 350 g/mol. The first-order chi connectivity index (χ1) is 12.5. The lowest BCUT2D eigenvalue weighted by Crippen LogP contribution is -2.42. The van der Waals surface area contributed by atoms with Crippen LogP contribution in [0.1, 0.15) is 39.2 Å². The maximum Gasteiger partial charge on any atom is 0.254 e. The third-order valence-electron chi connectivity index (χ3n) is 5.01. The quantitative estimate of drug-likeness (QED) is 0.771. The van der Waals surface area contributed by atoms with Crippen molar-refractivity contribution in [2.24, 2.45) is 0 Å². The van der Waals surface area contributed by atoms with Crippen molar-refractivity contribution in [2.45, 2.75) is 26.9 Å². The highest BCUT2D eigenvalue weighted by molar-refractivity contribution is 5.99.